The molecular weight excluding hydrogens is 262 g/mol. The van der Waals surface area contributed by atoms with Crippen molar-refractivity contribution < 1.29 is 4.74 Å². The monoisotopic (exact) mass is 277 g/mol. The molecule has 0 aromatic carbocycles. The number of ether oxygens (including phenoxy) is 1. The average Bonchev–Trinajstić information content (AvgIpc) is 2.58. The minimum atomic E-state index is 0.726. The van der Waals surface area contributed by atoms with Crippen molar-refractivity contribution in [1.29, 1.82) is 0 Å². The highest BCUT2D eigenvalue weighted by Crippen LogP contribution is 2.22. The zero-order valence-electron chi connectivity index (χ0n) is 8.38. The van der Waals surface area contributed by atoms with Crippen molar-refractivity contribution in [2.75, 3.05) is 19.7 Å². The van der Waals surface area contributed by atoms with Crippen LogP contribution in [-0.2, 0) is 11.3 Å². The van der Waals surface area contributed by atoms with Gasteiger partial charge in [-0.15, -0.1) is 11.3 Å². The Balaban J connectivity index is 1.99. The molecule has 0 radical (unpaired) electrons. The normalized spacial score (nSPS) is 10.7. The highest BCUT2D eigenvalue weighted by Gasteiger charge is 1.96. The van der Waals surface area contributed by atoms with Crippen LogP contribution in [0, 0.1) is 0 Å². The summed E-state index contributed by atoms with van der Waals surface area (Å²) in [6.07, 6.45) is 1.18. The lowest BCUT2D eigenvalue weighted by Gasteiger charge is -2.03. The van der Waals surface area contributed by atoms with Gasteiger partial charge in [-0.25, -0.2) is 0 Å². The number of hydrogen-bond acceptors (Lipinski definition) is 3. The molecule has 1 heterocycles. The number of halogens is 1. The first-order valence-corrected chi connectivity index (χ1v) is 6.46. The summed E-state index contributed by atoms with van der Waals surface area (Å²) in [6, 6.07) is 4.15. The lowest BCUT2D eigenvalue weighted by molar-refractivity contribution is 0.125. The summed E-state index contributed by atoms with van der Waals surface area (Å²) in [7, 11) is 0. The van der Waals surface area contributed by atoms with Crippen LogP contribution in [0.1, 0.15) is 18.2 Å². The fraction of sp³-hybridized carbons (Fsp3) is 0.600. The van der Waals surface area contributed by atoms with E-state index in [-0.39, 0.29) is 0 Å². The summed E-state index contributed by atoms with van der Waals surface area (Å²) in [5.74, 6) is 0. The van der Waals surface area contributed by atoms with Gasteiger partial charge in [-0.3, -0.25) is 0 Å². The SMILES string of the molecule is CCCNCCOCc1ccc(Br)s1. The Morgan fingerprint density at radius 3 is 2.93 bits per heavy atom. The average molecular weight is 278 g/mol. The second kappa shape index (κ2) is 7.40. The van der Waals surface area contributed by atoms with E-state index in [9.17, 15) is 0 Å². The largest absolute Gasteiger partial charge is 0.375 e. The molecule has 0 aliphatic heterocycles. The molecule has 14 heavy (non-hydrogen) atoms. The Kier molecular flexibility index (Phi) is 6.43. The lowest BCUT2D eigenvalue weighted by atomic mass is 10.5. The first-order chi connectivity index (χ1) is 6.83. The maximum Gasteiger partial charge on any atom is 0.0810 e. The Bertz CT molecular complexity index is 252. The molecule has 0 saturated carbocycles. The fourth-order valence-corrected chi connectivity index (χ4v) is 2.47. The van der Waals surface area contributed by atoms with Gasteiger partial charge < -0.3 is 10.1 Å². The molecule has 0 spiro atoms. The van der Waals surface area contributed by atoms with Gasteiger partial charge in [0.15, 0.2) is 0 Å². The van der Waals surface area contributed by atoms with Crippen molar-refractivity contribution in [1.82, 2.24) is 5.32 Å². The third-order valence-electron chi connectivity index (χ3n) is 1.72. The van der Waals surface area contributed by atoms with Gasteiger partial charge in [-0.05, 0) is 41.0 Å². The summed E-state index contributed by atoms with van der Waals surface area (Å²) >= 11 is 5.15. The van der Waals surface area contributed by atoms with Crippen molar-refractivity contribution in [3.05, 3.63) is 20.8 Å². The molecule has 0 amide bonds. The molecule has 0 atom stereocenters. The maximum absolute atomic E-state index is 5.51. The molecule has 1 N–H and O–H groups in total. The molecule has 0 fully saturated rings. The van der Waals surface area contributed by atoms with Crippen molar-refractivity contribution in [2.45, 2.75) is 20.0 Å². The Morgan fingerprint density at radius 2 is 2.29 bits per heavy atom. The number of rotatable bonds is 7. The second-order valence-corrected chi connectivity index (χ2v) is 5.56. The highest BCUT2D eigenvalue weighted by molar-refractivity contribution is 9.11. The molecule has 1 rings (SSSR count). The summed E-state index contributed by atoms with van der Waals surface area (Å²) in [5.41, 5.74) is 0. The third kappa shape index (κ3) is 5.10. The zero-order valence-corrected chi connectivity index (χ0v) is 10.8. The van der Waals surface area contributed by atoms with E-state index in [4.69, 9.17) is 4.74 Å². The Morgan fingerprint density at radius 1 is 1.43 bits per heavy atom. The molecule has 1 aromatic heterocycles. The maximum atomic E-state index is 5.51. The van der Waals surface area contributed by atoms with Gasteiger partial charge in [0.2, 0.25) is 0 Å². The predicted molar refractivity (Wildman–Crippen MR) is 64.8 cm³/mol. The third-order valence-corrected chi connectivity index (χ3v) is 3.32. The van der Waals surface area contributed by atoms with Crippen molar-refractivity contribution >= 4 is 27.3 Å². The van der Waals surface area contributed by atoms with E-state index in [1.807, 2.05) is 0 Å². The van der Waals surface area contributed by atoms with Crippen molar-refractivity contribution in [2.24, 2.45) is 0 Å². The van der Waals surface area contributed by atoms with Crippen LogP contribution in [0.4, 0.5) is 0 Å². The van der Waals surface area contributed by atoms with Crippen molar-refractivity contribution in [3.8, 4) is 0 Å². The second-order valence-electron chi connectivity index (χ2n) is 3.01. The molecule has 0 saturated heterocycles. The van der Waals surface area contributed by atoms with E-state index >= 15 is 0 Å². The minimum Gasteiger partial charge on any atom is -0.375 e. The number of thiophene rings is 1. The first kappa shape index (κ1) is 12.2. The van der Waals surface area contributed by atoms with Crippen LogP contribution in [0.15, 0.2) is 15.9 Å². The van der Waals surface area contributed by atoms with Crippen LogP contribution in [0.2, 0.25) is 0 Å². The van der Waals surface area contributed by atoms with Crippen LogP contribution < -0.4 is 5.32 Å². The van der Waals surface area contributed by atoms with Gasteiger partial charge in [-0.1, -0.05) is 6.92 Å². The molecule has 2 nitrogen and oxygen atoms in total. The fourth-order valence-electron chi connectivity index (χ4n) is 1.05. The number of nitrogens with one attached hydrogen (secondary N) is 1. The van der Waals surface area contributed by atoms with Gasteiger partial charge in [-0.2, -0.15) is 0 Å². The molecule has 0 aliphatic rings. The van der Waals surface area contributed by atoms with E-state index in [0.717, 1.165) is 26.3 Å². The lowest BCUT2D eigenvalue weighted by Crippen LogP contribution is -2.20. The summed E-state index contributed by atoms with van der Waals surface area (Å²) in [4.78, 5) is 1.27. The molecule has 0 unspecified atom stereocenters. The van der Waals surface area contributed by atoms with Gasteiger partial charge in [0, 0.05) is 11.4 Å². The van der Waals surface area contributed by atoms with E-state index in [2.05, 4.69) is 40.3 Å². The standard InChI is InChI=1S/C10H16BrNOS/c1-2-5-12-6-7-13-8-9-3-4-10(11)14-9/h3-4,12H,2,5-8H2,1H3. The molecule has 4 heteroatoms. The van der Waals surface area contributed by atoms with Crippen molar-refractivity contribution in [3.63, 3.8) is 0 Å². The van der Waals surface area contributed by atoms with Gasteiger partial charge in [0.05, 0.1) is 17.0 Å². The van der Waals surface area contributed by atoms with Crippen LogP contribution in [0.5, 0.6) is 0 Å². The van der Waals surface area contributed by atoms with Crippen LogP contribution in [0.25, 0.3) is 0 Å². The quantitative estimate of drug-likeness (QED) is 0.774. The predicted octanol–water partition coefficient (Wildman–Crippen LogP) is 3.03. The molecule has 0 bridgehead atoms. The van der Waals surface area contributed by atoms with E-state index in [0.29, 0.717) is 0 Å². The highest BCUT2D eigenvalue weighted by atomic mass is 79.9. The minimum absolute atomic E-state index is 0.726. The molecule has 80 valence electrons. The van der Waals surface area contributed by atoms with E-state index in [1.54, 1.807) is 11.3 Å². The van der Waals surface area contributed by atoms with Gasteiger partial charge in [0.1, 0.15) is 0 Å². The Labute approximate surface area is 97.8 Å². The molecule has 0 aliphatic carbocycles. The molecular formula is C10H16BrNOS. The van der Waals surface area contributed by atoms with Crippen LogP contribution in [0.3, 0.4) is 0 Å². The summed E-state index contributed by atoms with van der Waals surface area (Å²) in [6.45, 7) is 5.70. The molecule has 1 aromatic rings. The van der Waals surface area contributed by atoms with E-state index in [1.165, 1.54) is 15.1 Å². The van der Waals surface area contributed by atoms with E-state index < -0.39 is 0 Å². The smallest absolute Gasteiger partial charge is 0.0810 e. The van der Waals surface area contributed by atoms with Crippen LogP contribution >= 0.6 is 27.3 Å². The summed E-state index contributed by atoms with van der Waals surface area (Å²) in [5, 5.41) is 3.30. The van der Waals surface area contributed by atoms with Gasteiger partial charge >= 0.3 is 0 Å². The van der Waals surface area contributed by atoms with Crippen LogP contribution in [-0.4, -0.2) is 19.7 Å². The zero-order chi connectivity index (χ0) is 10.2. The number of hydrogen-bond donors (Lipinski definition) is 1. The Hall–Kier alpha value is 0.1000. The summed E-state index contributed by atoms with van der Waals surface area (Å²) < 4.78 is 6.67. The first-order valence-electron chi connectivity index (χ1n) is 4.85. The van der Waals surface area contributed by atoms with Gasteiger partial charge in [0.25, 0.3) is 0 Å². The topological polar surface area (TPSA) is 21.3 Å².